The van der Waals surface area contributed by atoms with Crippen molar-refractivity contribution in [3.63, 3.8) is 0 Å². The van der Waals surface area contributed by atoms with Crippen LogP contribution in [-0.4, -0.2) is 35.2 Å². The third-order valence-corrected chi connectivity index (χ3v) is 9.71. The quantitative estimate of drug-likeness (QED) is 0.145. The Bertz CT molecular complexity index is 1440. The van der Waals surface area contributed by atoms with Gasteiger partial charge < -0.3 is 20.8 Å². The molecule has 2 saturated carbocycles. The number of halogens is 2. The highest BCUT2D eigenvalue weighted by Crippen LogP contribution is 2.50. The maximum absolute atomic E-state index is 12.4. The van der Waals surface area contributed by atoms with Crippen molar-refractivity contribution in [3.8, 4) is 0 Å². The number of rotatable bonds is 10. The molecule has 0 aromatic heterocycles. The first-order chi connectivity index (χ1) is 21.4. The molecule has 0 unspecified atom stereocenters. The highest BCUT2D eigenvalue weighted by Gasteiger charge is 2.46. The number of carbonyl (C=O) groups is 2. The van der Waals surface area contributed by atoms with Crippen LogP contribution in [0.2, 0.25) is 0 Å². The number of amides is 2. The summed E-state index contributed by atoms with van der Waals surface area (Å²) >= 11 is 7.09. The van der Waals surface area contributed by atoms with Crippen molar-refractivity contribution in [2.75, 3.05) is 13.2 Å². The summed E-state index contributed by atoms with van der Waals surface area (Å²) in [5.41, 5.74) is 4.22. The molecule has 2 aliphatic carbocycles. The Morgan fingerprint density at radius 3 is 1.27 bits per heavy atom. The number of carbonyl (C=O) groups excluding carboxylic acids is 2. The molecule has 0 spiro atoms. The van der Waals surface area contributed by atoms with E-state index in [0.29, 0.717) is 0 Å². The van der Waals surface area contributed by atoms with E-state index in [1.165, 1.54) is 11.1 Å². The van der Waals surface area contributed by atoms with E-state index in [9.17, 15) is 19.8 Å². The molecular formula is C36H36Br2N2O4. The fraction of sp³-hybridized carbons (Fsp3) is 0.278. The molecular weight excluding hydrogens is 684 g/mol. The Labute approximate surface area is 275 Å². The zero-order valence-electron chi connectivity index (χ0n) is 24.2. The molecule has 6 rings (SSSR count). The largest absolute Gasteiger partial charge is 0.394 e. The molecule has 4 N–H and O–H groups in total. The second-order valence-electron chi connectivity index (χ2n) is 11.2. The molecule has 228 valence electrons. The van der Waals surface area contributed by atoms with Gasteiger partial charge in [-0.3, -0.25) is 9.59 Å². The molecule has 6 nitrogen and oxygen atoms in total. The van der Waals surface area contributed by atoms with Gasteiger partial charge in [-0.1, -0.05) is 129 Å². The fourth-order valence-electron chi connectivity index (χ4n) is 5.61. The first-order valence-corrected chi connectivity index (χ1v) is 16.4. The first-order valence-electron chi connectivity index (χ1n) is 14.8. The van der Waals surface area contributed by atoms with E-state index >= 15 is 0 Å². The molecule has 0 radical (unpaired) electrons. The number of hydrogen-bond donors (Lipinski definition) is 4. The van der Waals surface area contributed by atoms with Crippen molar-refractivity contribution >= 4 is 43.7 Å². The lowest BCUT2D eigenvalue weighted by Gasteiger charge is -2.16. The van der Waals surface area contributed by atoms with Crippen molar-refractivity contribution in [1.82, 2.24) is 10.6 Å². The molecule has 0 heterocycles. The van der Waals surface area contributed by atoms with E-state index in [-0.39, 0.29) is 60.8 Å². The van der Waals surface area contributed by atoms with Gasteiger partial charge in [-0.05, 0) is 59.1 Å². The minimum absolute atomic E-state index is 0.00328. The predicted octanol–water partition coefficient (Wildman–Crippen LogP) is 6.80. The summed E-state index contributed by atoms with van der Waals surface area (Å²) in [6.45, 7) is -0.190. The molecule has 0 saturated heterocycles. The van der Waals surface area contributed by atoms with E-state index in [1.54, 1.807) is 0 Å². The second-order valence-corrected chi connectivity index (χ2v) is 13.0. The van der Waals surface area contributed by atoms with Crippen molar-refractivity contribution < 1.29 is 19.8 Å². The van der Waals surface area contributed by atoms with Gasteiger partial charge >= 0.3 is 0 Å². The highest BCUT2D eigenvalue weighted by molar-refractivity contribution is 9.10. The summed E-state index contributed by atoms with van der Waals surface area (Å²) < 4.78 is 2.11. The summed E-state index contributed by atoms with van der Waals surface area (Å²) in [6, 6.07) is 34.5. The predicted molar refractivity (Wildman–Crippen MR) is 179 cm³/mol. The zero-order chi connectivity index (χ0) is 31.1. The van der Waals surface area contributed by atoms with Crippen LogP contribution in [0.4, 0.5) is 0 Å². The lowest BCUT2D eigenvalue weighted by molar-refractivity contribution is -0.124. The Morgan fingerprint density at radius 2 is 0.932 bits per heavy atom. The Hall–Kier alpha value is -3.30. The van der Waals surface area contributed by atoms with Crippen LogP contribution in [0.3, 0.4) is 0 Å². The summed E-state index contributed by atoms with van der Waals surface area (Å²) in [5, 5.41) is 25.0. The normalized spacial score (nSPS) is 21.2. The average Bonchev–Trinajstić information content (AvgIpc) is 3.99. The van der Waals surface area contributed by atoms with Crippen molar-refractivity contribution in [1.29, 1.82) is 0 Å². The van der Waals surface area contributed by atoms with Crippen LogP contribution in [0.15, 0.2) is 118 Å². The fourth-order valence-corrected chi connectivity index (χ4v) is 6.76. The maximum atomic E-state index is 12.4. The smallest absolute Gasteiger partial charge is 0.224 e. The van der Waals surface area contributed by atoms with E-state index in [1.807, 2.05) is 97.1 Å². The third-order valence-electron chi connectivity index (χ3n) is 8.27. The molecule has 4 aromatic rings. The van der Waals surface area contributed by atoms with Crippen LogP contribution >= 0.6 is 31.9 Å². The molecule has 0 bridgehead atoms. The Kier molecular flexibility index (Phi) is 11.0. The van der Waals surface area contributed by atoms with Gasteiger partial charge in [0.05, 0.1) is 25.3 Å². The third kappa shape index (κ3) is 8.04. The summed E-state index contributed by atoms with van der Waals surface area (Å²) in [6.07, 6.45) is 1.72. The van der Waals surface area contributed by atoms with Crippen LogP contribution in [0.25, 0.3) is 0 Å². The second kappa shape index (κ2) is 15.1. The monoisotopic (exact) mass is 718 g/mol. The van der Waals surface area contributed by atoms with Gasteiger partial charge in [0.1, 0.15) is 0 Å². The molecule has 0 aliphatic heterocycles. The maximum Gasteiger partial charge on any atom is 0.224 e. The molecule has 44 heavy (non-hydrogen) atoms. The summed E-state index contributed by atoms with van der Waals surface area (Å²) in [5.74, 6) is 0.566. The summed E-state index contributed by atoms with van der Waals surface area (Å²) in [7, 11) is 0. The number of nitrogens with one attached hydrogen (secondary N) is 2. The minimum atomic E-state index is -0.339. The topological polar surface area (TPSA) is 98.7 Å². The lowest BCUT2D eigenvalue weighted by atomic mass is 10.1. The van der Waals surface area contributed by atoms with Crippen molar-refractivity contribution in [2.24, 2.45) is 11.8 Å². The Morgan fingerprint density at radius 1 is 0.591 bits per heavy atom. The number of hydrogen-bond acceptors (Lipinski definition) is 4. The van der Waals surface area contributed by atoms with Gasteiger partial charge in [0.15, 0.2) is 0 Å². The number of aliphatic hydroxyl groups is 2. The van der Waals surface area contributed by atoms with E-state index in [2.05, 4.69) is 54.6 Å². The SMILES string of the molecule is O=C(N[C@@H](CO)c1ccccc1)[C@@H]1C[C@H]1c1ccccc1Br.O=C(N[C@@H](CO)c1ccccc1)[C@H]1C[C@@H]1c1ccccc1Br. The van der Waals surface area contributed by atoms with E-state index < -0.39 is 0 Å². The Balaban J connectivity index is 0.000000175. The highest BCUT2D eigenvalue weighted by atomic mass is 79.9. The van der Waals surface area contributed by atoms with Crippen LogP contribution in [0.5, 0.6) is 0 Å². The van der Waals surface area contributed by atoms with Gasteiger partial charge in [0.25, 0.3) is 0 Å². The summed E-state index contributed by atoms with van der Waals surface area (Å²) in [4.78, 5) is 24.8. The molecule has 2 amide bonds. The van der Waals surface area contributed by atoms with Crippen LogP contribution in [0, 0.1) is 11.8 Å². The van der Waals surface area contributed by atoms with Gasteiger partial charge in [-0.2, -0.15) is 0 Å². The molecule has 2 aliphatic rings. The van der Waals surface area contributed by atoms with Gasteiger partial charge in [-0.15, -0.1) is 0 Å². The average molecular weight is 721 g/mol. The molecule has 2 fully saturated rings. The standard InChI is InChI=1S/2C18H18BrNO2/c2*19-16-9-5-4-8-13(16)14-10-15(14)18(22)20-17(11-21)12-6-2-1-3-7-12/h2*1-9,14-15,17,21H,10-11H2,(H,20,22)/t14-,15+,17+;14-,15+,17-/m10/s1. The molecule has 8 heteroatoms. The minimum Gasteiger partial charge on any atom is -0.394 e. The number of benzene rings is 4. The van der Waals surface area contributed by atoms with Crippen molar-refractivity contribution in [2.45, 2.75) is 36.8 Å². The van der Waals surface area contributed by atoms with Crippen LogP contribution in [0.1, 0.15) is 59.0 Å². The van der Waals surface area contributed by atoms with Crippen LogP contribution < -0.4 is 10.6 Å². The van der Waals surface area contributed by atoms with E-state index in [4.69, 9.17) is 0 Å². The molecule has 6 atom stereocenters. The van der Waals surface area contributed by atoms with Gasteiger partial charge in [-0.25, -0.2) is 0 Å². The van der Waals surface area contributed by atoms with E-state index in [0.717, 1.165) is 32.9 Å². The first kappa shape index (κ1) is 32.1. The van der Waals surface area contributed by atoms with Gasteiger partial charge in [0, 0.05) is 20.8 Å². The van der Waals surface area contributed by atoms with Crippen LogP contribution in [-0.2, 0) is 9.59 Å². The van der Waals surface area contributed by atoms with Gasteiger partial charge in [0.2, 0.25) is 11.8 Å². The van der Waals surface area contributed by atoms with Crippen molar-refractivity contribution in [3.05, 3.63) is 140 Å². The number of aliphatic hydroxyl groups excluding tert-OH is 2. The zero-order valence-corrected chi connectivity index (χ0v) is 27.3. The molecule has 4 aromatic carbocycles. The lowest BCUT2D eigenvalue weighted by Crippen LogP contribution is -2.32.